The molecular weight excluding hydrogens is 234 g/mol. The zero-order chi connectivity index (χ0) is 13.2. The van der Waals surface area contributed by atoms with Crippen LogP contribution in [0, 0.1) is 0 Å². The van der Waals surface area contributed by atoms with E-state index in [9.17, 15) is 20.1 Å². The maximum absolute atomic E-state index is 11.0. The summed E-state index contributed by atoms with van der Waals surface area (Å²) in [5, 5.41) is 37.3. The Labute approximate surface area is 97.6 Å². The van der Waals surface area contributed by atoms with Gasteiger partial charge in [-0.25, -0.2) is 0 Å². The molecule has 0 bridgehead atoms. The van der Waals surface area contributed by atoms with Crippen LogP contribution in [0.5, 0.6) is 0 Å². The Morgan fingerprint density at radius 1 is 1.35 bits per heavy atom. The molecule has 1 fully saturated rings. The van der Waals surface area contributed by atoms with E-state index < -0.39 is 42.7 Å². The standard InChI is InChI=1S/C9H17NO7/c1-3(2-11)16-9-6(14)4(12)5(13)7(17-9)8(10)15/h3-7,9,11-14H,2H2,1H3,(H2,10,15)/t3?,4?,5-,6+,7?,9?/m1/s1. The highest BCUT2D eigenvalue weighted by Gasteiger charge is 2.46. The predicted molar refractivity (Wildman–Crippen MR) is 53.5 cm³/mol. The van der Waals surface area contributed by atoms with E-state index in [0.717, 1.165) is 0 Å². The summed E-state index contributed by atoms with van der Waals surface area (Å²) in [6, 6.07) is 0. The molecule has 4 unspecified atom stereocenters. The zero-order valence-electron chi connectivity index (χ0n) is 9.26. The number of aliphatic hydroxyl groups is 4. The molecule has 1 heterocycles. The number of rotatable bonds is 4. The van der Waals surface area contributed by atoms with E-state index in [1.165, 1.54) is 6.92 Å². The molecule has 0 aliphatic carbocycles. The van der Waals surface area contributed by atoms with E-state index in [1.54, 1.807) is 0 Å². The number of nitrogens with two attached hydrogens (primary N) is 1. The molecule has 1 saturated heterocycles. The molecule has 17 heavy (non-hydrogen) atoms. The molecular formula is C9H17NO7. The first-order valence-corrected chi connectivity index (χ1v) is 5.13. The van der Waals surface area contributed by atoms with Gasteiger partial charge in [0.1, 0.15) is 18.3 Å². The smallest absolute Gasteiger partial charge is 0.249 e. The molecule has 1 amide bonds. The van der Waals surface area contributed by atoms with Crippen molar-refractivity contribution in [1.82, 2.24) is 0 Å². The summed E-state index contributed by atoms with van der Waals surface area (Å²) in [6.07, 6.45) is -8.23. The molecule has 1 aliphatic heterocycles. The van der Waals surface area contributed by atoms with Crippen molar-refractivity contribution in [3.63, 3.8) is 0 Å². The van der Waals surface area contributed by atoms with Crippen LogP contribution in [0.25, 0.3) is 0 Å². The summed E-state index contributed by atoms with van der Waals surface area (Å²) in [4.78, 5) is 11.0. The molecule has 6 N–H and O–H groups in total. The van der Waals surface area contributed by atoms with E-state index in [-0.39, 0.29) is 6.61 Å². The highest BCUT2D eigenvalue weighted by atomic mass is 16.7. The van der Waals surface area contributed by atoms with Gasteiger partial charge in [0.05, 0.1) is 12.7 Å². The lowest BCUT2D eigenvalue weighted by Gasteiger charge is -2.39. The number of amides is 1. The molecule has 0 aromatic rings. The highest BCUT2D eigenvalue weighted by Crippen LogP contribution is 2.22. The first-order chi connectivity index (χ1) is 7.88. The molecule has 1 aliphatic rings. The number of hydrogen-bond acceptors (Lipinski definition) is 7. The van der Waals surface area contributed by atoms with Crippen LogP contribution in [0.3, 0.4) is 0 Å². The van der Waals surface area contributed by atoms with Crippen LogP contribution in [-0.2, 0) is 14.3 Å². The Morgan fingerprint density at radius 3 is 2.41 bits per heavy atom. The Morgan fingerprint density at radius 2 is 1.94 bits per heavy atom. The third-order valence-electron chi connectivity index (χ3n) is 2.47. The average Bonchev–Trinajstić information content (AvgIpc) is 2.29. The number of ether oxygens (including phenoxy) is 2. The minimum absolute atomic E-state index is 0.327. The molecule has 8 nitrogen and oxygen atoms in total. The van der Waals surface area contributed by atoms with Gasteiger partial charge < -0.3 is 35.6 Å². The minimum atomic E-state index is -1.62. The van der Waals surface area contributed by atoms with Crippen LogP contribution in [0.1, 0.15) is 6.92 Å². The Bertz CT molecular complexity index is 274. The lowest BCUT2D eigenvalue weighted by molar-refractivity contribution is -0.301. The van der Waals surface area contributed by atoms with Gasteiger partial charge in [-0.05, 0) is 6.92 Å². The topological polar surface area (TPSA) is 142 Å². The van der Waals surface area contributed by atoms with Gasteiger partial charge in [0, 0.05) is 0 Å². The summed E-state index contributed by atoms with van der Waals surface area (Å²) in [7, 11) is 0. The van der Waals surface area contributed by atoms with Gasteiger partial charge in [-0.1, -0.05) is 0 Å². The van der Waals surface area contributed by atoms with Crippen LogP contribution in [0.2, 0.25) is 0 Å². The second-order valence-corrected chi connectivity index (χ2v) is 3.93. The lowest BCUT2D eigenvalue weighted by atomic mass is 9.98. The van der Waals surface area contributed by atoms with Gasteiger partial charge in [-0.2, -0.15) is 0 Å². The van der Waals surface area contributed by atoms with E-state index in [2.05, 4.69) is 0 Å². The van der Waals surface area contributed by atoms with Gasteiger partial charge in [0.15, 0.2) is 12.4 Å². The van der Waals surface area contributed by atoms with E-state index in [4.69, 9.17) is 20.3 Å². The second-order valence-electron chi connectivity index (χ2n) is 3.93. The van der Waals surface area contributed by atoms with Crippen molar-refractivity contribution in [2.75, 3.05) is 6.61 Å². The van der Waals surface area contributed by atoms with Crippen molar-refractivity contribution in [2.24, 2.45) is 5.73 Å². The average molecular weight is 251 g/mol. The summed E-state index contributed by atoms with van der Waals surface area (Å²) in [6.45, 7) is 1.18. The van der Waals surface area contributed by atoms with Gasteiger partial charge in [-0.15, -0.1) is 0 Å². The van der Waals surface area contributed by atoms with E-state index in [1.807, 2.05) is 0 Å². The van der Waals surface area contributed by atoms with Gasteiger partial charge in [0.25, 0.3) is 0 Å². The summed E-state index contributed by atoms with van der Waals surface area (Å²) in [5.74, 6) is -0.978. The third-order valence-corrected chi connectivity index (χ3v) is 2.47. The molecule has 6 atom stereocenters. The number of carbonyl (C=O) groups excluding carboxylic acids is 1. The summed E-state index contributed by atoms with van der Waals surface area (Å²) >= 11 is 0. The monoisotopic (exact) mass is 251 g/mol. The van der Waals surface area contributed by atoms with Crippen molar-refractivity contribution in [2.45, 2.75) is 43.7 Å². The second kappa shape index (κ2) is 5.71. The first kappa shape index (κ1) is 14.3. The van der Waals surface area contributed by atoms with Crippen LogP contribution in [-0.4, -0.2) is 69.8 Å². The van der Waals surface area contributed by atoms with Gasteiger partial charge in [-0.3, -0.25) is 4.79 Å². The fourth-order valence-corrected chi connectivity index (χ4v) is 1.47. The maximum Gasteiger partial charge on any atom is 0.249 e. The van der Waals surface area contributed by atoms with Crippen molar-refractivity contribution in [3.05, 3.63) is 0 Å². The Kier molecular flexibility index (Phi) is 4.80. The fourth-order valence-electron chi connectivity index (χ4n) is 1.47. The Hall–Kier alpha value is -0.770. The predicted octanol–water partition coefficient (Wildman–Crippen LogP) is -3.32. The molecule has 0 aromatic heterocycles. The molecule has 1 rings (SSSR count). The van der Waals surface area contributed by atoms with Crippen molar-refractivity contribution in [3.8, 4) is 0 Å². The fraction of sp³-hybridized carbons (Fsp3) is 0.889. The van der Waals surface area contributed by atoms with Gasteiger partial charge >= 0.3 is 0 Å². The van der Waals surface area contributed by atoms with Gasteiger partial charge in [0.2, 0.25) is 5.91 Å². The lowest BCUT2D eigenvalue weighted by Crippen LogP contribution is -2.62. The summed E-state index contributed by atoms with van der Waals surface area (Å²) < 4.78 is 10.00. The van der Waals surface area contributed by atoms with Crippen molar-refractivity contribution in [1.29, 1.82) is 0 Å². The van der Waals surface area contributed by atoms with Crippen LogP contribution in [0.15, 0.2) is 0 Å². The Balaban J connectivity index is 2.74. The quantitative estimate of drug-likeness (QED) is 0.352. The summed E-state index contributed by atoms with van der Waals surface area (Å²) in [5.41, 5.74) is 4.97. The van der Waals surface area contributed by atoms with Crippen molar-refractivity contribution < 1.29 is 34.7 Å². The molecule has 0 aromatic carbocycles. The highest BCUT2D eigenvalue weighted by molar-refractivity contribution is 5.79. The van der Waals surface area contributed by atoms with Crippen molar-refractivity contribution >= 4 is 5.91 Å². The largest absolute Gasteiger partial charge is 0.394 e. The first-order valence-electron chi connectivity index (χ1n) is 5.13. The van der Waals surface area contributed by atoms with E-state index in [0.29, 0.717) is 0 Å². The molecule has 0 radical (unpaired) electrons. The molecule has 100 valence electrons. The molecule has 0 saturated carbocycles. The number of primary amides is 1. The molecule has 0 spiro atoms. The zero-order valence-corrected chi connectivity index (χ0v) is 9.26. The van der Waals surface area contributed by atoms with E-state index >= 15 is 0 Å². The maximum atomic E-state index is 11.0. The molecule has 8 heteroatoms. The van der Waals surface area contributed by atoms with Crippen LogP contribution < -0.4 is 5.73 Å². The number of carbonyl (C=O) groups is 1. The SMILES string of the molecule is CC(CO)OC1OC(C(N)=O)[C@H](O)C(O)[C@@H]1O. The number of aliphatic hydroxyl groups excluding tert-OH is 4. The number of hydrogen-bond donors (Lipinski definition) is 5. The minimum Gasteiger partial charge on any atom is -0.394 e. The third kappa shape index (κ3) is 3.12. The normalized spacial score (nSPS) is 39.9. The van der Waals surface area contributed by atoms with Crippen LogP contribution >= 0.6 is 0 Å². The van der Waals surface area contributed by atoms with Crippen LogP contribution in [0.4, 0.5) is 0 Å².